The van der Waals surface area contributed by atoms with Crippen molar-refractivity contribution in [2.75, 3.05) is 0 Å². The van der Waals surface area contributed by atoms with Gasteiger partial charge in [0.05, 0.1) is 12.2 Å². The summed E-state index contributed by atoms with van der Waals surface area (Å²) in [4.78, 5) is 12.4. The fourth-order valence-electron chi connectivity index (χ4n) is 7.07. The van der Waals surface area contributed by atoms with Gasteiger partial charge < -0.3 is 10.2 Å². The van der Waals surface area contributed by atoms with E-state index >= 15 is 0 Å². The van der Waals surface area contributed by atoms with E-state index in [2.05, 4.69) is 13.8 Å². The molecule has 0 amide bonds. The van der Waals surface area contributed by atoms with Gasteiger partial charge in [-0.15, -0.1) is 0 Å². The third-order valence-electron chi connectivity index (χ3n) is 8.34. The van der Waals surface area contributed by atoms with Gasteiger partial charge >= 0.3 is 0 Å². The molecule has 0 aromatic carbocycles. The van der Waals surface area contributed by atoms with E-state index in [4.69, 9.17) is 0 Å². The number of rotatable bonds is 0. The predicted octanol–water partition coefficient (Wildman–Crippen LogP) is 2.93. The maximum absolute atomic E-state index is 12.4. The molecule has 4 aliphatic carbocycles. The SMILES string of the molecule is C[C@]12CC[C@@H](O)C[C@@H]1CC[C@@H]1[C@@H]2CC[C@]2(C)C(=O)CC(O)[C@@H]12. The quantitative estimate of drug-likeness (QED) is 0.723. The molecule has 1 unspecified atom stereocenters. The van der Waals surface area contributed by atoms with E-state index in [0.717, 1.165) is 38.5 Å². The first kappa shape index (κ1) is 15.1. The number of hydrogen-bond acceptors (Lipinski definition) is 3. The molecule has 4 saturated carbocycles. The zero-order valence-electron chi connectivity index (χ0n) is 13.9. The monoisotopic (exact) mass is 306 g/mol. The molecule has 3 heteroatoms. The summed E-state index contributed by atoms with van der Waals surface area (Å²) in [5, 5.41) is 20.6. The molecule has 0 aromatic rings. The Kier molecular flexibility index (Phi) is 3.30. The summed E-state index contributed by atoms with van der Waals surface area (Å²) in [7, 11) is 0. The molecule has 4 aliphatic rings. The Labute approximate surface area is 133 Å². The van der Waals surface area contributed by atoms with Gasteiger partial charge in [0.25, 0.3) is 0 Å². The number of aliphatic hydroxyl groups excluding tert-OH is 2. The number of ketones is 1. The average Bonchev–Trinajstić information content (AvgIpc) is 2.70. The Morgan fingerprint density at radius 3 is 2.59 bits per heavy atom. The molecule has 0 heterocycles. The maximum atomic E-state index is 12.4. The second kappa shape index (κ2) is 4.80. The van der Waals surface area contributed by atoms with Gasteiger partial charge in [0.15, 0.2) is 0 Å². The van der Waals surface area contributed by atoms with Gasteiger partial charge in [-0.25, -0.2) is 0 Å². The van der Waals surface area contributed by atoms with Crippen LogP contribution < -0.4 is 0 Å². The van der Waals surface area contributed by atoms with Gasteiger partial charge in [-0.1, -0.05) is 13.8 Å². The van der Waals surface area contributed by atoms with Crippen LogP contribution in [0.15, 0.2) is 0 Å². The van der Waals surface area contributed by atoms with E-state index in [1.807, 2.05) is 0 Å². The van der Waals surface area contributed by atoms with Crippen LogP contribution in [0.5, 0.6) is 0 Å². The first-order valence-corrected chi connectivity index (χ1v) is 9.25. The van der Waals surface area contributed by atoms with Crippen molar-refractivity contribution in [3.63, 3.8) is 0 Å². The van der Waals surface area contributed by atoms with Crippen molar-refractivity contribution in [2.45, 2.75) is 77.4 Å². The molecule has 0 aromatic heterocycles. The van der Waals surface area contributed by atoms with Crippen LogP contribution in [0.25, 0.3) is 0 Å². The topological polar surface area (TPSA) is 57.5 Å². The number of carbonyl (C=O) groups excluding carboxylic acids is 1. The normalized spacial score (nSPS) is 57.9. The summed E-state index contributed by atoms with van der Waals surface area (Å²) >= 11 is 0. The molecule has 0 aliphatic heterocycles. The predicted molar refractivity (Wildman–Crippen MR) is 84.1 cm³/mol. The number of aliphatic hydroxyl groups is 2. The Morgan fingerprint density at radius 1 is 1.05 bits per heavy atom. The summed E-state index contributed by atoms with van der Waals surface area (Å²) < 4.78 is 0. The van der Waals surface area contributed by atoms with Crippen molar-refractivity contribution in [1.29, 1.82) is 0 Å². The number of Topliss-reactive ketones (excluding diaryl/α,β-unsaturated/α-hetero) is 1. The molecule has 8 atom stereocenters. The lowest BCUT2D eigenvalue weighted by molar-refractivity contribution is -0.148. The molecule has 3 nitrogen and oxygen atoms in total. The molecule has 0 radical (unpaired) electrons. The highest BCUT2D eigenvalue weighted by atomic mass is 16.3. The molecule has 22 heavy (non-hydrogen) atoms. The van der Waals surface area contributed by atoms with E-state index < -0.39 is 6.10 Å². The van der Waals surface area contributed by atoms with Crippen molar-refractivity contribution >= 4 is 5.78 Å². The molecule has 124 valence electrons. The van der Waals surface area contributed by atoms with Crippen LogP contribution in [0.2, 0.25) is 0 Å². The second-order valence-corrected chi connectivity index (χ2v) is 9.16. The van der Waals surface area contributed by atoms with Crippen LogP contribution in [-0.4, -0.2) is 28.2 Å². The molecule has 4 rings (SSSR count). The Hall–Kier alpha value is -0.410. The van der Waals surface area contributed by atoms with Gasteiger partial charge in [0, 0.05) is 17.8 Å². The lowest BCUT2D eigenvalue weighted by Gasteiger charge is -2.60. The minimum absolute atomic E-state index is 0.109. The minimum atomic E-state index is -0.417. The standard InChI is InChI=1S/C19H30O3/c1-18-7-5-12(20)9-11(18)3-4-13-14(18)6-8-19(2)16(22)10-15(21)17(13)19/h11-15,17,20-21H,3-10H2,1-2H3/t11-,12+,13+,14-,15?,17+,18-,19+/m0/s1. The molecule has 0 saturated heterocycles. The van der Waals surface area contributed by atoms with Gasteiger partial charge in [0.2, 0.25) is 0 Å². The molecule has 0 spiro atoms. The molecule has 2 N–H and O–H groups in total. The summed E-state index contributed by atoms with van der Waals surface area (Å²) in [5.74, 6) is 2.27. The third-order valence-corrected chi connectivity index (χ3v) is 8.34. The molecular formula is C19H30O3. The largest absolute Gasteiger partial charge is 0.393 e. The number of fused-ring (bicyclic) bond motifs is 5. The van der Waals surface area contributed by atoms with E-state index in [1.165, 1.54) is 6.42 Å². The van der Waals surface area contributed by atoms with E-state index in [-0.39, 0.29) is 17.4 Å². The van der Waals surface area contributed by atoms with Gasteiger partial charge in [-0.2, -0.15) is 0 Å². The minimum Gasteiger partial charge on any atom is -0.393 e. The van der Waals surface area contributed by atoms with Gasteiger partial charge in [-0.3, -0.25) is 4.79 Å². The van der Waals surface area contributed by atoms with Gasteiger partial charge in [-0.05, 0) is 68.1 Å². The van der Waals surface area contributed by atoms with E-state index in [9.17, 15) is 15.0 Å². The highest BCUT2D eigenvalue weighted by Gasteiger charge is 2.62. The summed E-state index contributed by atoms with van der Waals surface area (Å²) in [6, 6.07) is 0. The average molecular weight is 306 g/mol. The van der Waals surface area contributed by atoms with Crippen LogP contribution in [0.1, 0.15) is 65.2 Å². The fourth-order valence-corrected chi connectivity index (χ4v) is 7.07. The van der Waals surface area contributed by atoms with Crippen LogP contribution in [0, 0.1) is 34.5 Å². The van der Waals surface area contributed by atoms with Crippen LogP contribution in [-0.2, 0) is 4.79 Å². The number of carbonyl (C=O) groups is 1. The fraction of sp³-hybridized carbons (Fsp3) is 0.947. The van der Waals surface area contributed by atoms with Crippen molar-refractivity contribution < 1.29 is 15.0 Å². The zero-order chi connectivity index (χ0) is 15.7. The lowest BCUT2D eigenvalue weighted by Crippen LogP contribution is -2.55. The van der Waals surface area contributed by atoms with Crippen molar-refractivity contribution in [1.82, 2.24) is 0 Å². The molecular weight excluding hydrogens is 276 g/mol. The maximum Gasteiger partial charge on any atom is 0.141 e. The van der Waals surface area contributed by atoms with Gasteiger partial charge in [0.1, 0.15) is 5.78 Å². The lowest BCUT2D eigenvalue weighted by atomic mass is 9.45. The first-order valence-electron chi connectivity index (χ1n) is 9.25. The summed E-state index contributed by atoms with van der Waals surface area (Å²) in [6.07, 6.45) is 7.27. The molecule has 4 fully saturated rings. The Morgan fingerprint density at radius 2 is 1.82 bits per heavy atom. The number of hydrogen-bond donors (Lipinski definition) is 2. The van der Waals surface area contributed by atoms with E-state index in [0.29, 0.717) is 35.4 Å². The zero-order valence-corrected chi connectivity index (χ0v) is 13.9. The Bertz CT molecular complexity index is 489. The molecule has 0 bridgehead atoms. The van der Waals surface area contributed by atoms with Crippen LogP contribution in [0.3, 0.4) is 0 Å². The highest BCUT2D eigenvalue weighted by Crippen LogP contribution is 2.65. The van der Waals surface area contributed by atoms with E-state index in [1.54, 1.807) is 0 Å². The van der Waals surface area contributed by atoms with Crippen molar-refractivity contribution in [3.8, 4) is 0 Å². The van der Waals surface area contributed by atoms with Crippen molar-refractivity contribution in [3.05, 3.63) is 0 Å². The third kappa shape index (κ3) is 1.84. The summed E-state index contributed by atoms with van der Waals surface area (Å²) in [5.41, 5.74) is 0.0484. The smallest absolute Gasteiger partial charge is 0.141 e. The van der Waals surface area contributed by atoms with Crippen LogP contribution >= 0.6 is 0 Å². The van der Waals surface area contributed by atoms with Crippen LogP contribution in [0.4, 0.5) is 0 Å². The summed E-state index contributed by atoms with van der Waals surface area (Å²) in [6.45, 7) is 4.55. The second-order valence-electron chi connectivity index (χ2n) is 9.16. The Balaban J connectivity index is 1.66. The first-order chi connectivity index (χ1) is 10.4. The highest BCUT2D eigenvalue weighted by molar-refractivity contribution is 5.88. The van der Waals surface area contributed by atoms with Crippen molar-refractivity contribution in [2.24, 2.45) is 34.5 Å².